The van der Waals surface area contributed by atoms with E-state index in [-0.39, 0.29) is 12.1 Å². The van der Waals surface area contributed by atoms with Crippen LogP contribution >= 0.6 is 0 Å². The molecule has 1 aliphatic carbocycles. The highest BCUT2D eigenvalue weighted by Crippen LogP contribution is 2.42. The van der Waals surface area contributed by atoms with Gasteiger partial charge in [-0.05, 0) is 23.3 Å². The van der Waals surface area contributed by atoms with Crippen LogP contribution in [-0.2, 0) is 4.74 Å². The Morgan fingerprint density at radius 2 is 1.79 bits per heavy atom. The largest absolute Gasteiger partial charge is 0.494 e. The van der Waals surface area contributed by atoms with Crippen LogP contribution in [0.25, 0.3) is 0 Å². The first-order valence-electron chi connectivity index (χ1n) is 8.24. The normalized spacial score (nSPS) is 19.1. The Labute approximate surface area is 143 Å². The minimum absolute atomic E-state index is 0.0813. The molecule has 0 amide bonds. The molecule has 3 nitrogen and oxygen atoms in total. The van der Waals surface area contributed by atoms with Crippen LogP contribution in [0.15, 0.2) is 59.6 Å². The van der Waals surface area contributed by atoms with Crippen molar-refractivity contribution in [3.8, 4) is 18.1 Å². The quantitative estimate of drug-likeness (QED) is 0.431. The molecular formula is C21H21NO2. The van der Waals surface area contributed by atoms with E-state index in [1.165, 1.54) is 17.3 Å². The number of hydrogen-bond donors (Lipinski definition) is 0. The van der Waals surface area contributed by atoms with Crippen LogP contribution < -0.4 is 4.74 Å². The van der Waals surface area contributed by atoms with Gasteiger partial charge in [0.2, 0.25) is 0 Å². The number of aliphatic imine (C=N–C) groups is 1. The number of fused-ring (bicyclic) bond motifs is 1. The summed E-state index contributed by atoms with van der Waals surface area (Å²) < 4.78 is 11.8. The van der Waals surface area contributed by atoms with Crippen molar-refractivity contribution in [1.29, 1.82) is 0 Å². The van der Waals surface area contributed by atoms with Gasteiger partial charge in [0.25, 0.3) is 0 Å². The second-order valence-corrected chi connectivity index (χ2v) is 5.70. The van der Waals surface area contributed by atoms with Crippen LogP contribution in [0.2, 0.25) is 0 Å². The summed E-state index contributed by atoms with van der Waals surface area (Å²) in [5.41, 5.74) is 2.44. The molecule has 24 heavy (non-hydrogen) atoms. The molecule has 0 N–H and O–H groups in total. The second-order valence-electron chi connectivity index (χ2n) is 5.70. The maximum Gasteiger partial charge on any atom is 0.119 e. The summed E-state index contributed by atoms with van der Waals surface area (Å²) in [6, 6.07) is 18.2. The molecule has 1 aliphatic rings. The Bertz CT molecular complexity index is 718. The van der Waals surface area contributed by atoms with E-state index >= 15 is 0 Å². The molecule has 0 bridgehead atoms. The predicted octanol–water partition coefficient (Wildman–Crippen LogP) is 4.36. The Morgan fingerprint density at radius 3 is 2.58 bits per heavy atom. The minimum Gasteiger partial charge on any atom is -0.494 e. The average Bonchev–Trinajstić information content (AvgIpc) is 2.99. The number of ether oxygens (including phenoxy) is 2. The number of para-hydroxylation sites is 1. The van der Waals surface area contributed by atoms with Gasteiger partial charge in [-0.1, -0.05) is 48.4 Å². The van der Waals surface area contributed by atoms with Gasteiger partial charge >= 0.3 is 0 Å². The summed E-state index contributed by atoms with van der Waals surface area (Å²) in [6.07, 6.45) is 8.60. The topological polar surface area (TPSA) is 30.8 Å². The lowest BCUT2D eigenvalue weighted by Gasteiger charge is -2.13. The van der Waals surface area contributed by atoms with Gasteiger partial charge in [-0.15, -0.1) is 6.42 Å². The molecule has 0 saturated carbocycles. The van der Waals surface area contributed by atoms with E-state index in [2.05, 4.69) is 23.0 Å². The zero-order valence-corrected chi connectivity index (χ0v) is 13.6. The summed E-state index contributed by atoms with van der Waals surface area (Å²) >= 11 is 0. The molecule has 3 heteroatoms. The fourth-order valence-electron chi connectivity index (χ4n) is 2.99. The molecule has 0 fully saturated rings. The van der Waals surface area contributed by atoms with Crippen LogP contribution in [0.3, 0.4) is 0 Å². The Kier molecular flexibility index (Phi) is 5.65. The lowest BCUT2D eigenvalue weighted by atomic mass is 10.1. The molecule has 0 aliphatic heterocycles. The smallest absolute Gasteiger partial charge is 0.119 e. The van der Waals surface area contributed by atoms with Gasteiger partial charge in [-0.3, -0.25) is 4.99 Å². The van der Waals surface area contributed by atoms with Gasteiger partial charge in [0.05, 0.1) is 31.6 Å². The van der Waals surface area contributed by atoms with Crippen LogP contribution in [0.1, 0.15) is 36.1 Å². The van der Waals surface area contributed by atoms with Crippen molar-refractivity contribution in [2.45, 2.75) is 25.0 Å². The molecule has 0 aromatic heterocycles. The molecule has 0 spiro atoms. The number of rotatable bonds is 7. The van der Waals surface area contributed by atoms with Gasteiger partial charge in [0, 0.05) is 12.8 Å². The zero-order chi connectivity index (χ0) is 16.6. The lowest BCUT2D eigenvalue weighted by Crippen LogP contribution is -2.06. The highest BCUT2D eigenvalue weighted by atomic mass is 16.5. The monoisotopic (exact) mass is 319 g/mol. The molecule has 2 unspecified atom stereocenters. The zero-order valence-electron chi connectivity index (χ0n) is 13.6. The molecule has 2 aromatic rings. The van der Waals surface area contributed by atoms with Crippen LogP contribution in [0, 0.1) is 12.3 Å². The Balaban J connectivity index is 1.49. The summed E-state index contributed by atoms with van der Waals surface area (Å²) in [4.78, 5) is 4.45. The van der Waals surface area contributed by atoms with Crippen molar-refractivity contribution < 1.29 is 9.47 Å². The molecule has 0 radical (unpaired) electrons. The third-order valence-corrected chi connectivity index (χ3v) is 4.09. The van der Waals surface area contributed by atoms with Crippen molar-refractivity contribution in [3.63, 3.8) is 0 Å². The van der Waals surface area contributed by atoms with Crippen LogP contribution in [0.4, 0.5) is 0 Å². The first kappa shape index (κ1) is 16.3. The molecule has 2 aromatic carbocycles. The van der Waals surface area contributed by atoms with Crippen molar-refractivity contribution in [2.24, 2.45) is 4.99 Å². The van der Waals surface area contributed by atoms with E-state index in [0.717, 1.165) is 18.6 Å². The van der Waals surface area contributed by atoms with E-state index in [9.17, 15) is 0 Å². The SMILES string of the molecule is C#CC=NC1CC(OCCCOc2ccccc2)c2ccccc21. The van der Waals surface area contributed by atoms with E-state index in [0.29, 0.717) is 13.2 Å². The maximum absolute atomic E-state index is 6.07. The average molecular weight is 319 g/mol. The van der Waals surface area contributed by atoms with E-state index in [1.807, 2.05) is 42.5 Å². The highest BCUT2D eigenvalue weighted by Gasteiger charge is 2.30. The van der Waals surface area contributed by atoms with E-state index < -0.39 is 0 Å². The molecule has 0 heterocycles. The number of nitrogens with zero attached hydrogens (tertiary/aromatic N) is 1. The van der Waals surface area contributed by atoms with Gasteiger partial charge in [-0.25, -0.2) is 0 Å². The van der Waals surface area contributed by atoms with Crippen LogP contribution in [-0.4, -0.2) is 19.4 Å². The first-order valence-corrected chi connectivity index (χ1v) is 8.24. The minimum atomic E-state index is 0.0813. The first-order chi connectivity index (χ1) is 11.9. The summed E-state index contributed by atoms with van der Waals surface area (Å²) in [5, 5.41) is 0. The Hall–Kier alpha value is -2.57. The van der Waals surface area contributed by atoms with E-state index in [1.54, 1.807) is 0 Å². The van der Waals surface area contributed by atoms with E-state index in [4.69, 9.17) is 15.9 Å². The lowest BCUT2D eigenvalue weighted by molar-refractivity contribution is 0.0434. The highest BCUT2D eigenvalue weighted by molar-refractivity contribution is 5.77. The number of hydrogen-bond acceptors (Lipinski definition) is 3. The molecular weight excluding hydrogens is 298 g/mol. The summed E-state index contributed by atoms with van der Waals surface area (Å²) in [6.45, 7) is 1.31. The third-order valence-electron chi connectivity index (χ3n) is 4.09. The number of benzene rings is 2. The number of terminal acetylenes is 1. The van der Waals surface area contributed by atoms with Gasteiger partial charge < -0.3 is 9.47 Å². The second kappa shape index (κ2) is 8.33. The third kappa shape index (κ3) is 4.04. The van der Waals surface area contributed by atoms with Crippen molar-refractivity contribution in [1.82, 2.24) is 0 Å². The van der Waals surface area contributed by atoms with Gasteiger partial charge in [-0.2, -0.15) is 0 Å². The standard InChI is InChI=1S/C21H21NO2/c1-2-13-22-20-16-21(19-12-7-6-11-18(19)20)24-15-8-14-23-17-9-4-3-5-10-17/h1,3-7,9-13,20-21H,8,14-16H2. The van der Waals surface area contributed by atoms with Crippen molar-refractivity contribution in [3.05, 3.63) is 65.7 Å². The molecule has 122 valence electrons. The fourth-order valence-corrected chi connectivity index (χ4v) is 2.99. The van der Waals surface area contributed by atoms with Crippen LogP contribution in [0.5, 0.6) is 5.75 Å². The predicted molar refractivity (Wildman–Crippen MR) is 96.4 cm³/mol. The fraction of sp³-hybridized carbons (Fsp3) is 0.286. The summed E-state index contributed by atoms with van der Waals surface area (Å²) in [5.74, 6) is 3.36. The van der Waals surface area contributed by atoms with Crippen molar-refractivity contribution in [2.75, 3.05) is 13.2 Å². The molecule has 0 saturated heterocycles. The van der Waals surface area contributed by atoms with Gasteiger partial charge in [0.1, 0.15) is 5.75 Å². The van der Waals surface area contributed by atoms with Gasteiger partial charge in [0.15, 0.2) is 0 Å². The van der Waals surface area contributed by atoms with Crippen molar-refractivity contribution >= 4 is 6.21 Å². The molecule has 2 atom stereocenters. The summed E-state index contributed by atoms with van der Waals surface area (Å²) in [7, 11) is 0. The molecule has 3 rings (SSSR count). The maximum atomic E-state index is 6.07. The Morgan fingerprint density at radius 1 is 1.04 bits per heavy atom.